The zero-order valence-electron chi connectivity index (χ0n) is 20.6. The largest absolute Gasteiger partial charge is 0.396 e. The molecule has 0 saturated carbocycles. The van der Waals surface area contributed by atoms with E-state index in [1.54, 1.807) is 29.2 Å². The summed E-state index contributed by atoms with van der Waals surface area (Å²) in [6, 6.07) is 15.7. The third-order valence-corrected chi connectivity index (χ3v) is 8.18. The SMILES string of the molecule is O=C(Nc1ccccc1Cl)C1N(CCCCCO)C(=O)[C@@H]2[C@@H](C(=O)NCc3ccccc3)[C@H]3CCC12O3. The first-order valence-electron chi connectivity index (χ1n) is 12.9. The second-order valence-electron chi connectivity index (χ2n) is 10.0. The summed E-state index contributed by atoms with van der Waals surface area (Å²) in [5, 5.41) is 15.5. The smallest absolute Gasteiger partial charge is 0.250 e. The number of halogens is 1. The number of hydrogen-bond acceptors (Lipinski definition) is 5. The van der Waals surface area contributed by atoms with Crippen LogP contribution in [0.5, 0.6) is 0 Å². The van der Waals surface area contributed by atoms with Crippen molar-refractivity contribution in [3.05, 3.63) is 65.2 Å². The van der Waals surface area contributed by atoms with Crippen molar-refractivity contribution in [1.82, 2.24) is 10.2 Å². The van der Waals surface area contributed by atoms with E-state index >= 15 is 0 Å². The summed E-state index contributed by atoms with van der Waals surface area (Å²) >= 11 is 6.29. The molecular formula is C28H32ClN3O5. The van der Waals surface area contributed by atoms with Gasteiger partial charge in [0, 0.05) is 19.7 Å². The molecule has 9 heteroatoms. The van der Waals surface area contributed by atoms with Gasteiger partial charge in [0.25, 0.3) is 0 Å². The average molecular weight is 526 g/mol. The number of amides is 3. The van der Waals surface area contributed by atoms with Gasteiger partial charge in [-0.05, 0) is 49.8 Å². The molecule has 5 rings (SSSR count). The maximum absolute atomic E-state index is 13.9. The molecule has 2 aromatic carbocycles. The summed E-state index contributed by atoms with van der Waals surface area (Å²) in [5.41, 5.74) is 0.375. The van der Waals surface area contributed by atoms with Crippen molar-refractivity contribution in [2.75, 3.05) is 18.5 Å². The van der Waals surface area contributed by atoms with Crippen LogP contribution < -0.4 is 10.6 Å². The number of benzene rings is 2. The number of para-hydroxylation sites is 1. The molecule has 1 spiro atoms. The fourth-order valence-corrected chi connectivity index (χ4v) is 6.41. The summed E-state index contributed by atoms with van der Waals surface area (Å²) in [7, 11) is 0. The highest BCUT2D eigenvalue weighted by Crippen LogP contribution is 2.58. The van der Waals surface area contributed by atoms with E-state index in [1.165, 1.54) is 0 Å². The van der Waals surface area contributed by atoms with E-state index in [1.807, 2.05) is 30.3 Å². The van der Waals surface area contributed by atoms with Crippen molar-refractivity contribution in [1.29, 1.82) is 0 Å². The minimum atomic E-state index is -1.06. The lowest BCUT2D eigenvalue weighted by atomic mass is 9.70. The van der Waals surface area contributed by atoms with E-state index in [0.717, 1.165) is 12.0 Å². The third-order valence-electron chi connectivity index (χ3n) is 7.85. The van der Waals surface area contributed by atoms with Crippen LogP contribution in [0.1, 0.15) is 37.7 Å². The fraction of sp³-hybridized carbons (Fsp3) is 0.464. The Hall–Kier alpha value is -2.94. The number of unbranched alkanes of at least 4 members (excludes halogenated alkanes) is 2. The van der Waals surface area contributed by atoms with Gasteiger partial charge < -0.3 is 25.4 Å². The number of likely N-dealkylation sites (tertiary alicyclic amines) is 1. The zero-order valence-corrected chi connectivity index (χ0v) is 21.3. The first-order chi connectivity index (χ1) is 18.0. The van der Waals surface area contributed by atoms with Crippen LogP contribution in [0, 0.1) is 11.8 Å². The van der Waals surface area contributed by atoms with Crippen LogP contribution in [0.2, 0.25) is 5.02 Å². The van der Waals surface area contributed by atoms with Gasteiger partial charge in [-0.3, -0.25) is 14.4 Å². The highest BCUT2D eigenvalue weighted by atomic mass is 35.5. The minimum Gasteiger partial charge on any atom is -0.396 e. The Balaban J connectivity index is 1.40. The van der Waals surface area contributed by atoms with E-state index in [0.29, 0.717) is 49.5 Å². The number of anilines is 1. The van der Waals surface area contributed by atoms with Crippen molar-refractivity contribution < 1.29 is 24.2 Å². The maximum Gasteiger partial charge on any atom is 0.250 e. The standard InChI is InChI=1S/C28H32ClN3O5/c29-19-11-5-6-12-20(19)31-26(35)24-28-14-13-21(37-28)22(25(34)30-17-18-9-3-1-4-10-18)23(28)27(36)32(24)15-7-2-8-16-33/h1,3-6,9-12,21-24,33H,2,7-8,13-17H2,(H,30,34)(H,31,35)/t21-,22+,23+,24?,28?/m1/s1. The van der Waals surface area contributed by atoms with E-state index in [2.05, 4.69) is 10.6 Å². The molecule has 3 aliphatic rings. The van der Waals surface area contributed by atoms with Gasteiger partial charge >= 0.3 is 0 Å². The van der Waals surface area contributed by atoms with Crippen LogP contribution in [-0.4, -0.2) is 58.6 Å². The van der Waals surface area contributed by atoms with Crippen LogP contribution in [0.4, 0.5) is 5.69 Å². The summed E-state index contributed by atoms with van der Waals surface area (Å²) in [6.07, 6.45) is 2.72. The topological polar surface area (TPSA) is 108 Å². The highest BCUT2D eigenvalue weighted by molar-refractivity contribution is 6.33. The van der Waals surface area contributed by atoms with Gasteiger partial charge in [-0.25, -0.2) is 0 Å². The molecule has 0 aromatic heterocycles. The Bertz CT molecular complexity index is 1160. The molecule has 37 heavy (non-hydrogen) atoms. The molecule has 0 radical (unpaired) electrons. The number of ether oxygens (including phenoxy) is 1. The van der Waals surface area contributed by atoms with Crippen molar-refractivity contribution in [2.24, 2.45) is 11.8 Å². The van der Waals surface area contributed by atoms with Crippen LogP contribution in [0.15, 0.2) is 54.6 Å². The van der Waals surface area contributed by atoms with Crippen molar-refractivity contribution in [3.63, 3.8) is 0 Å². The van der Waals surface area contributed by atoms with Crippen molar-refractivity contribution >= 4 is 35.0 Å². The second kappa shape index (κ2) is 10.8. The van der Waals surface area contributed by atoms with Crippen molar-refractivity contribution in [2.45, 2.75) is 56.4 Å². The van der Waals surface area contributed by atoms with Gasteiger partial charge in [0.15, 0.2) is 0 Å². The van der Waals surface area contributed by atoms with Gasteiger partial charge in [-0.15, -0.1) is 0 Å². The van der Waals surface area contributed by atoms with Gasteiger partial charge in [-0.2, -0.15) is 0 Å². The number of carbonyl (C=O) groups is 3. The minimum absolute atomic E-state index is 0.0748. The molecule has 3 fully saturated rings. The number of carbonyl (C=O) groups excluding carboxylic acids is 3. The summed E-state index contributed by atoms with van der Waals surface area (Å²) in [6.45, 7) is 0.785. The predicted octanol–water partition coefficient (Wildman–Crippen LogP) is 3.13. The summed E-state index contributed by atoms with van der Waals surface area (Å²) in [5.74, 6) is -2.17. The van der Waals surface area contributed by atoms with Crippen LogP contribution in [0.3, 0.4) is 0 Å². The van der Waals surface area contributed by atoms with Crippen LogP contribution >= 0.6 is 11.6 Å². The normalized spacial score (nSPS) is 27.8. The molecule has 196 valence electrons. The number of nitrogens with one attached hydrogen (secondary N) is 2. The number of rotatable bonds is 10. The lowest BCUT2D eigenvalue weighted by Gasteiger charge is -2.33. The number of hydrogen-bond donors (Lipinski definition) is 3. The molecule has 2 bridgehead atoms. The molecule has 0 aliphatic carbocycles. The molecule has 3 saturated heterocycles. The Morgan fingerprint density at radius 2 is 1.81 bits per heavy atom. The zero-order chi connectivity index (χ0) is 26.0. The highest BCUT2D eigenvalue weighted by Gasteiger charge is 2.74. The maximum atomic E-state index is 13.9. The molecule has 2 aromatic rings. The van der Waals surface area contributed by atoms with E-state index in [4.69, 9.17) is 21.4 Å². The van der Waals surface area contributed by atoms with E-state index in [-0.39, 0.29) is 24.3 Å². The number of nitrogens with zero attached hydrogens (tertiary/aromatic N) is 1. The Kier molecular flexibility index (Phi) is 7.51. The summed E-state index contributed by atoms with van der Waals surface area (Å²) < 4.78 is 6.44. The average Bonchev–Trinajstić information content (AvgIpc) is 3.54. The molecule has 8 nitrogen and oxygen atoms in total. The monoisotopic (exact) mass is 525 g/mol. The predicted molar refractivity (Wildman–Crippen MR) is 139 cm³/mol. The van der Waals surface area contributed by atoms with Gasteiger partial charge in [0.05, 0.1) is 28.6 Å². The molecule has 3 heterocycles. The summed E-state index contributed by atoms with van der Waals surface area (Å²) in [4.78, 5) is 42.6. The van der Waals surface area contributed by atoms with Gasteiger partial charge in [-0.1, -0.05) is 54.1 Å². The van der Waals surface area contributed by atoms with Gasteiger partial charge in [0.2, 0.25) is 17.7 Å². The molecule has 2 unspecified atom stereocenters. The molecule has 3 aliphatic heterocycles. The van der Waals surface area contributed by atoms with E-state index in [9.17, 15) is 14.4 Å². The molecule has 3 N–H and O–H groups in total. The van der Waals surface area contributed by atoms with Crippen molar-refractivity contribution in [3.8, 4) is 0 Å². The number of aliphatic hydroxyl groups excluding tert-OH is 1. The third kappa shape index (κ3) is 4.74. The lowest BCUT2D eigenvalue weighted by Crippen LogP contribution is -2.53. The quantitative estimate of drug-likeness (QED) is 0.413. The lowest BCUT2D eigenvalue weighted by molar-refractivity contribution is -0.141. The molecule has 3 amide bonds. The number of aliphatic hydroxyl groups is 1. The molecule has 5 atom stereocenters. The van der Waals surface area contributed by atoms with Crippen LogP contribution in [-0.2, 0) is 25.7 Å². The van der Waals surface area contributed by atoms with E-state index < -0.39 is 29.6 Å². The first kappa shape index (κ1) is 25.7. The van der Waals surface area contributed by atoms with Crippen LogP contribution in [0.25, 0.3) is 0 Å². The Morgan fingerprint density at radius 3 is 2.57 bits per heavy atom. The van der Waals surface area contributed by atoms with Gasteiger partial charge in [0.1, 0.15) is 11.6 Å². The Morgan fingerprint density at radius 1 is 1.05 bits per heavy atom. The fourth-order valence-electron chi connectivity index (χ4n) is 6.23. The number of fused-ring (bicyclic) bond motifs is 1. The first-order valence-corrected chi connectivity index (χ1v) is 13.3. The Labute approximate surface area is 221 Å². The molecular weight excluding hydrogens is 494 g/mol. The second-order valence-corrected chi connectivity index (χ2v) is 10.5.